The Morgan fingerprint density at radius 3 is 2.62 bits per heavy atom. The van der Waals surface area contributed by atoms with Crippen molar-refractivity contribution in [2.24, 2.45) is 5.73 Å². The summed E-state index contributed by atoms with van der Waals surface area (Å²) in [6, 6.07) is -0.554. The van der Waals surface area contributed by atoms with Crippen molar-refractivity contribution in [3.8, 4) is 0 Å². The number of primary amides is 1. The third-order valence-electron chi connectivity index (χ3n) is 1.99. The highest BCUT2D eigenvalue weighted by Gasteiger charge is 2.13. The fourth-order valence-electron chi connectivity index (χ4n) is 1.35. The van der Waals surface area contributed by atoms with Gasteiger partial charge in [0.25, 0.3) is 0 Å². The van der Waals surface area contributed by atoms with Gasteiger partial charge in [0.15, 0.2) is 0 Å². The molecule has 1 aromatic heterocycles. The summed E-state index contributed by atoms with van der Waals surface area (Å²) in [5, 5.41) is 4.01. The second kappa shape index (κ2) is 3.79. The molecule has 0 atom stereocenters. The molecule has 72 valence electrons. The van der Waals surface area contributed by atoms with Crippen LogP contribution in [0.4, 0.5) is 4.79 Å². The monoisotopic (exact) mass is 201 g/mol. The molecule has 0 fully saturated rings. The topological polar surface area (TPSA) is 60.9 Å². The van der Waals surface area contributed by atoms with Gasteiger partial charge in [0.2, 0.25) is 0 Å². The molecule has 0 saturated carbocycles. The molecule has 0 aliphatic heterocycles. The molecule has 1 aromatic rings. The molecule has 1 rings (SSSR count). The van der Waals surface area contributed by atoms with Crippen LogP contribution in [0.5, 0.6) is 0 Å². The van der Waals surface area contributed by atoms with Crippen LogP contribution < -0.4 is 5.73 Å². The first-order valence-electron chi connectivity index (χ1n) is 3.98. The second-order valence-electron chi connectivity index (χ2n) is 2.84. The van der Waals surface area contributed by atoms with Crippen LogP contribution in [-0.4, -0.2) is 21.7 Å². The van der Waals surface area contributed by atoms with Crippen LogP contribution >= 0.6 is 11.6 Å². The summed E-state index contributed by atoms with van der Waals surface area (Å²) in [5.74, 6) is 0.520. The van der Waals surface area contributed by atoms with Crippen LogP contribution in [0.15, 0.2) is 0 Å². The number of rotatable bonds is 2. The average molecular weight is 202 g/mol. The van der Waals surface area contributed by atoms with Crippen LogP contribution in [0.1, 0.15) is 17.0 Å². The zero-order valence-corrected chi connectivity index (χ0v) is 8.43. The lowest BCUT2D eigenvalue weighted by Gasteiger charge is -1.98. The van der Waals surface area contributed by atoms with E-state index in [9.17, 15) is 4.79 Å². The van der Waals surface area contributed by atoms with Crippen molar-refractivity contribution in [1.82, 2.24) is 9.78 Å². The molecule has 5 heteroatoms. The molecule has 0 bridgehead atoms. The van der Waals surface area contributed by atoms with Crippen molar-refractivity contribution in [3.63, 3.8) is 0 Å². The normalized spacial score (nSPS) is 10.4. The lowest BCUT2D eigenvalue weighted by molar-refractivity contribution is 0.247. The van der Waals surface area contributed by atoms with Crippen LogP contribution in [-0.2, 0) is 6.42 Å². The minimum atomic E-state index is -0.554. The van der Waals surface area contributed by atoms with Gasteiger partial charge < -0.3 is 5.73 Å². The summed E-state index contributed by atoms with van der Waals surface area (Å²) in [6.45, 7) is 3.65. The maximum Gasteiger partial charge on any atom is 0.339 e. The zero-order valence-electron chi connectivity index (χ0n) is 7.67. The Hall–Kier alpha value is -1.03. The van der Waals surface area contributed by atoms with Crippen molar-refractivity contribution in [2.45, 2.75) is 20.3 Å². The van der Waals surface area contributed by atoms with Crippen molar-refractivity contribution in [1.29, 1.82) is 0 Å². The van der Waals surface area contributed by atoms with Crippen LogP contribution in [0, 0.1) is 13.8 Å². The third kappa shape index (κ3) is 1.83. The van der Waals surface area contributed by atoms with E-state index in [4.69, 9.17) is 17.3 Å². The third-order valence-corrected chi connectivity index (χ3v) is 2.18. The maximum atomic E-state index is 10.9. The number of hydrogen-bond acceptors (Lipinski definition) is 2. The van der Waals surface area contributed by atoms with E-state index in [1.807, 2.05) is 13.8 Å². The Labute approximate surface area is 81.7 Å². The standard InChI is InChI=1S/C8H12ClN3O/c1-5-7(3-4-9)6(2)12(11-5)8(10)13/h3-4H2,1-2H3,(H2,10,13). The highest BCUT2D eigenvalue weighted by Crippen LogP contribution is 2.13. The van der Waals surface area contributed by atoms with Crippen molar-refractivity contribution < 1.29 is 4.79 Å². The lowest BCUT2D eigenvalue weighted by atomic mass is 10.1. The lowest BCUT2D eigenvalue weighted by Crippen LogP contribution is -2.22. The number of alkyl halides is 1. The largest absolute Gasteiger partial charge is 0.350 e. The van der Waals surface area contributed by atoms with E-state index in [0.29, 0.717) is 12.3 Å². The number of aromatic nitrogens is 2. The Balaban J connectivity index is 3.14. The fraction of sp³-hybridized carbons (Fsp3) is 0.500. The van der Waals surface area contributed by atoms with Gasteiger partial charge in [-0.15, -0.1) is 11.6 Å². The first-order chi connectivity index (χ1) is 6.07. The fourth-order valence-corrected chi connectivity index (χ4v) is 1.53. The molecule has 1 amide bonds. The number of amides is 1. The maximum absolute atomic E-state index is 10.9. The van der Waals surface area contributed by atoms with E-state index in [1.54, 1.807) is 0 Å². The number of hydrogen-bond donors (Lipinski definition) is 1. The van der Waals surface area contributed by atoms with Crippen molar-refractivity contribution >= 4 is 17.6 Å². The Kier molecular flexibility index (Phi) is 2.93. The molecule has 0 aliphatic carbocycles. The molecular weight excluding hydrogens is 190 g/mol. The SMILES string of the molecule is Cc1nn(C(N)=O)c(C)c1CCCl. The molecule has 0 aromatic carbocycles. The van der Waals surface area contributed by atoms with Gasteiger partial charge in [0, 0.05) is 11.6 Å². The molecular formula is C8H12ClN3O. The van der Waals surface area contributed by atoms with E-state index in [2.05, 4.69) is 5.10 Å². The number of nitrogens with two attached hydrogens (primary N) is 1. The molecule has 13 heavy (non-hydrogen) atoms. The minimum Gasteiger partial charge on any atom is -0.350 e. The number of carbonyl (C=O) groups is 1. The van der Waals surface area contributed by atoms with Crippen LogP contribution in [0.2, 0.25) is 0 Å². The first-order valence-corrected chi connectivity index (χ1v) is 4.52. The quantitative estimate of drug-likeness (QED) is 0.732. The summed E-state index contributed by atoms with van der Waals surface area (Å²) >= 11 is 5.62. The summed E-state index contributed by atoms with van der Waals surface area (Å²) < 4.78 is 1.21. The molecule has 0 unspecified atom stereocenters. The van der Waals surface area contributed by atoms with Crippen molar-refractivity contribution in [2.75, 3.05) is 5.88 Å². The smallest absolute Gasteiger partial charge is 0.339 e. The number of nitrogens with zero attached hydrogens (tertiary/aromatic N) is 2. The van der Waals surface area contributed by atoms with E-state index >= 15 is 0 Å². The summed E-state index contributed by atoms with van der Waals surface area (Å²) in [6.07, 6.45) is 0.715. The number of halogens is 1. The number of aryl methyl sites for hydroxylation is 1. The van der Waals surface area contributed by atoms with Gasteiger partial charge in [-0.05, 0) is 25.8 Å². The van der Waals surface area contributed by atoms with Gasteiger partial charge in [-0.25, -0.2) is 4.79 Å². The van der Waals surface area contributed by atoms with E-state index in [1.165, 1.54) is 4.68 Å². The van der Waals surface area contributed by atoms with Crippen LogP contribution in [0.25, 0.3) is 0 Å². The highest BCUT2D eigenvalue weighted by atomic mass is 35.5. The van der Waals surface area contributed by atoms with E-state index in [-0.39, 0.29) is 0 Å². The zero-order chi connectivity index (χ0) is 10.0. The Morgan fingerprint density at radius 1 is 1.62 bits per heavy atom. The number of carbonyl (C=O) groups excluding carboxylic acids is 1. The van der Waals surface area contributed by atoms with Gasteiger partial charge in [-0.2, -0.15) is 9.78 Å². The first kappa shape index (κ1) is 10.1. The minimum absolute atomic E-state index is 0.520. The predicted molar refractivity (Wildman–Crippen MR) is 51.1 cm³/mol. The summed E-state index contributed by atoms with van der Waals surface area (Å²) in [7, 11) is 0. The molecule has 1 heterocycles. The molecule has 0 spiro atoms. The molecule has 0 aliphatic rings. The Bertz CT molecular complexity index is 332. The van der Waals surface area contributed by atoms with E-state index in [0.717, 1.165) is 17.0 Å². The highest BCUT2D eigenvalue weighted by molar-refractivity contribution is 6.18. The molecule has 4 nitrogen and oxygen atoms in total. The van der Waals surface area contributed by atoms with Gasteiger partial charge in [0.05, 0.1) is 5.69 Å². The van der Waals surface area contributed by atoms with Gasteiger partial charge in [0.1, 0.15) is 0 Å². The summed E-state index contributed by atoms with van der Waals surface area (Å²) in [5.41, 5.74) is 7.73. The van der Waals surface area contributed by atoms with Gasteiger partial charge in [-0.1, -0.05) is 0 Å². The van der Waals surface area contributed by atoms with Gasteiger partial charge in [-0.3, -0.25) is 0 Å². The van der Waals surface area contributed by atoms with Crippen LogP contribution in [0.3, 0.4) is 0 Å². The molecule has 0 saturated heterocycles. The van der Waals surface area contributed by atoms with Gasteiger partial charge >= 0.3 is 6.03 Å². The average Bonchev–Trinajstić information content (AvgIpc) is 2.32. The predicted octanol–water partition coefficient (Wildman–Crippen LogP) is 1.21. The van der Waals surface area contributed by atoms with Crippen molar-refractivity contribution in [3.05, 3.63) is 17.0 Å². The molecule has 0 radical (unpaired) electrons. The Morgan fingerprint density at radius 2 is 2.23 bits per heavy atom. The molecule has 2 N–H and O–H groups in total. The summed E-state index contributed by atoms with van der Waals surface area (Å²) in [4.78, 5) is 10.9. The van der Waals surface area contributed by atoms with E-state index < -0.39 is 6.03 Å². The second-order valence-corrected chi connectivity index (χ2v) is 3.22.